The van der Waals surface area contributed by atoms with Gasteiger partial charge in [0.1, 0.15) is 17.7 Å². The summed E-state index contributed by atoms with van der Waals surface area (Å²) in [7, 11) is 1.36. The number of rotatable bonds is 2. The summed E-state index contributed by atoms with van der Waals surface area (Å²) < 4.78 is 17.9. The van der Waals surface area contributed by atoms with Crippen LogP contribution in [-0.4, -0.2) is 7.11 Å². The summed E-state index contributed by atoms with van der Waals surface area (Å²) >= 11 is 0. The van der Waals surface area contributed by atoms with Crippen LogP contribution in [-0.2, 0) is 0 Å². The molecule has 0 N–H and O–H groups in total. The molecule has 1 aromatic rings. The van der Waals surface area contributed by atoms with Gasteiger partial charge in [0.15, 0.2) is 11.6 Å². The summed E-state index contributed by atoms with van der Waals surface area (Å²) in [6, 6.07) is 7.60. The average Bonchev–Trinajstić information content (AvgIpc) is 2.26. The zero-order valence-electron chi connectivity index (χ0n) is 7.99. The van der Waals surface area contributed by atoms with Gasteiger partial charge in [-0.15, -0.1) is 0 Å². The Morgan fingerprint density at radius 3 is 2.53 bits per heavy atom. The van der Waals surface area contributed by atoms with Gasteiger partial charge in [-0.05, 0) is 23.8 Å². The van der Waals surface area contributed by atoms with E-state index in [2.05, 4.69) is 0 Å². The first-order valence-electron chi connectivity index (χ1n) is 4.06. The molecular formula is C11H7FN2O. The molecule has 0 aromatic heterocycles. The molecule has 0 aliphatic carbocycles. The molecule has 0 bridgehead atoms. The maximum absolute atomic E-state index is 13.2. The van der Waals surface area contributed by atoms with E-state index in [4.69, 9.17) is 15.3 Å². The summed E-state index contributed by atoms with van der Waals surface area (Å²) in [6.45, 7) is 0. The molecule has 0 aliphatic rings. The standard InChI is InChI=1S/C11H7FN2O/c1-15-11-3-2-8(5-10(11)12)4-9(6-13)7-14/h2-5H,1H3. The van der Waals surface area contributed by atoms with Crippen LogP contribution in [0.4, 0.5) is 4.39 Å². The summed E-state index contributed by atoms with van der Waals surface area (Å²) in [5, 5.41) is 17.0. The molecule has 1 rings (SSSR count). The van der Waals surface area contributed by atoms with E-state index in [0.717, 1.165) is 0 Å². The van der Waals surface area contributed by atoms with Crippen molar-refractivity contribution in [2.45, 2.75) is 0 Å². The van der Waals surface area contributed by atoms with Crippen molar-refractivity contribution >= 4 is 6.08 Å². The van der Waals surface area contributed by atoms with Crippen LogP contribution >= 0.6 is 0 Å². The normalized spacial score (nSPS) is 8.53. The Balaban J connectivity index is 3.11. The molecule has 0 fully saturated rings. The fraction of sp³-hybridized carbons (Fsp3) is 0.0909. The number of allylic oxidation sites excluding steroid dienone is 1. The van der Waals surface area contributed by atoms with Crippen molar-refractivity contribution in [1.29, 1.82) is 10.5 Å². The molecule has 4 heteroatoms. The van der Waals surface area contributed by atoms with Gasteiger partial charge in [0.05, 0.1) is 7.11 Å². The quantitative estimate of drug-likeness (QED) is 0.691. The van der Waals surface area contributed by atoms with Gasteiger partial charge < -0.3 is 4.74 Å². The van der Waals surface area contributed by atoms with Crippen molar-refractivity contribution in [3.8, 4) is 17.9 Å². The van der Waals surface area contributed by atoms with Crippen LogP contribution in [0.5, 0.6) is 5.75 Å². The third-order valence-corrected chi connectivity index (χ3v) is 1.73. The number of ether oxygens (including phenoxy) is 1. The van der Waals surface area contributed by atoms with E-state index in [1.165, 1.54) is 25.3 Å². The average molecular weight is 202 g/mol. The molecule has 0 saturated heterocycles. The molecular weight excluding hydrogens is 195 g/mol. The minimum absolute atomic E-state index is 0.0698. The van der Waals surface area contributed by atoms with Gasteiger partial charge in [0.25, 0.3) is 0 Å². The highest BCUT2D eigenvalue weighted by Gasteiger charge is 2.02. The summed E-state index contributed by atoms with van der Waals surface area (Å²) in [4.78, 5) is 0. The minimum atomic E-state index is -0.526. The van der Waals surface area contributed by atoms with Gasteiger partial charge in [-0.2, -0.15) is 10.5 Å². The van der Waals surface area contributed by atoms with E-state index in [1.807, 2.05) is 0 Å². The molecule has 0 aliphatic heterocycles. The zero-order valence-corrected chi connectivity index (χ0v) is 7.99. The number of hydrogen-bond donors (Lipinski definition) is 0. The van der Waals surface area contributed by atoms with E-state index in [1.54, 1.807) is 18.2 Å². The number of hydrogen-bond acceptors (Lipinski definition) is 3. The van der Waals surface area contributed by atoms with Crippen LogP contribution in [0, 0.1) is 28.5 Å². The van der Waals surface area contributed by atoms with Crippen LogP contribution in [0.1, 0.15) is 5.56 Å². The largest absolute Gasteiger partial charge is 0.494 e. The van der Waals surface area contributed by atoms with Crippen molar-refractivity contribution in [2.24, 2.45) is 0 Å². The number of nitriles is 2. The minimum Gasteiger partial charge on any atom is -0.494 e. The van der Waals surface area contributed by atoms with Gasteiger partial charge in [0, 0.05) is 0 Å². The number of methoxy groups -OCH3 is 1. The molecule has 3 nitrogen and oxygen atoms in total. The number of nitrogens with zero attached hydrogens (tertiary/aromatic N) is 2. The topological polar surface area (TPSA) is 56.8 Å². The van der Waals surface area contributed by atoms with Crippen molar-refractivity contribution < 1.29 is 9.13 Å². The maximum Gasteiger partial charge on any atom is 0.165 e. The lowest BCUT2D eigenvalue weighted by molar-refractivity contribution is 0.386. The molecule has 0 atom stereocenters. The van der Waals surface area contributed by atoms with E-state index in [-0.39, 0.29) is 11.3 Å². The molecule has 0 heterocycles. The van der Waals surface area contributed by atoms with Crippen molar-refractivity contribution in [3.63, 3.8) is 0 Å². The van der Waals surface area contributed by atoms with Gasteiger partial charge in [-0.1, -0.05) is 6.07 Å². The second kappa shape index (κ2) is 4.78. The number of halogens is 1. The van der Waals surface area contributed by atoms with Gasteiger partial charge in [-0.25, -0.2) is 4.39 Å². The first-order valence-corrected chi connectivity index (χ1v) is 4.06. The van der Waals surface area contributed by atoms with Crippen LogP contribution in [0.2, 0.25) is 0 Å². The van der Waals surface area contributed by atoms with E-state index in [0.29, 0.717) is 5.56 Å². The summed E-state index contributed by atoms with van der Waals surface area (Å²) in [5.74, 6) is -0.399. The van der Waals surface area contributed by atoms with Crippen molar-refractivity contribution in [2.75, 3.05) is 7.11 Å². The third-order valence-electron chi connectivity index (χ3n) is 1.73. The molecule has 15 heavy (non-hydrogen) atoms. The van der Waals surface area contributed by atoms with Crippen LogP contribution < -0.4 is 4.74 Å². The Morgan fingerprint density at radius 1 is 1.40 bits per heavy atom. The first kappa shape index (κ1) is 10.7. The Hall–Kier alpha value is -2.33. The SMILES string of the molecule is COc1ccc(C=C(C#N)C#N)cc1F. The lowest BCUT2D eigenvalue weighted by Crippen LogP contribution is -1.88. The van der Waals surface area contributed by atoms with Crippen molar-refractivity contribution in [3.05, 3.63) is 35.2 Å². The van der Waals surface area contributed by atoms with E-state index in [9.17, 15) is 4.39 Å². The predicted octanol–water partition coefficient (Wildman–Crippen LogP) is 2.26. The Kier molecular flexibility index (Phi) is 3.43. The van der Waals surface area contributed by atoms with Gasteiger partial charge in [0.2, 0.25) is 0 Å². The molecule has 0 saturated carbocycles. The molecule has 0 amide bonds. The molecule has 0 radical (unpaired) electrons. The summed E-state index contributed by atoms with van der Waals surface area (Å²) in [6.07, 6.45) is 1.31. The predicted molar refractivity (Wildman–Crippen MR) is 52.2 cm³/mol. The summed E-state index contributed by atoms with van der Waals surface area (Å²) in [5.41, 5.74) is 0.381. The fourth-order valence-electron chi connectivity index (χ4n) is 1.03. The van der Waals surface area contributed by atoms with Gasteiger partial charge >= 0.3 is 0 Å². The van der Waals surface area contributed by atoms with E-state index >= 15 is 0 Å². The second-order valence-electron chi connectivity index (χ2n) is 2.68. The highest BCUT2D eigenvalue weighted by Crippen LogP contribution is 2.19. The highest BCUT2D eigenvalue weighted by atomic mass is 19.1. The fourth-order valence-corrected chi connectivity index (χ4v) is 1.03. The van der Waals surface area contributed by atoms with Crippen LogP contribution in [0.15, 0.2) is 23.8 Å². The van der Waals surface area contributed by atoms with Crippen LogP contribution in [0.3, 0.4) is 0 Å². The first-order chi connectivity index (χ1) is 7.21. The van der Waals surface area contributed by atoms with E-state index < -0.39 is 5.82 Å². The lowest BCUT2D eigenvalue weighted by atomic mass is 10.1. The van der Waals surface area contributed by atoms with Gasteiger partial charge in [-0.3, -0.25) is 0 Å². The molecule has 0 spiro atoms. The molecule has 0 unspecified atom stereocenters. The highest BCUT2D eigenvalue weighted by molar-refractivity contribution is 5.62. The lowest BCUT2D eigenvalue weighted by Gasteiger charge is -2.01. The van der Waals surface area contributed by atoms with Crippen molar-refractivity contribution in [1.82, 2.24) is 0 Å². The monoisotopic (exact) mass is 202 g/mol. The second-order valence-corrected chi connectivity index (χ2v) is 2.68. The maximum atomic E-state index is 13.2. The third kappa shape index (κ3) is 2.55. The Morgan fingerprint density at radius 2 is 2.07 bits per heavy atom. The smallest absolute Gasteiger partial charge is 0.165 e. The van der Waals surface area contributed by atoms with Crippen LogP contribution in [0.25, 0.3) is 6.08 Å². The molecule has 1 aromatic carbocycles. The zero-order chi connectivity index (χ0) is 11.3. The Bertz CT molecular complexity index is 464. The molecule has 74 valence electrons. The number of benzene rings is 1. The Labute approximate surface area is 86.6 Å².